The lowest BCUT2D eigenvalue weighted by atomic mass is 10.1. The first-order valence-corrected chi connectivity index (χ1v) is 7.73. The number of aromatic carboxylic acids is 1. The van der Waals surface area contributed by atoms with Crippen LogP contribution in [-0.4, -0.2) is 39.5 Å². The fourth-order valence-corrected chi connectivity index (χ4v) is 3.42. The quantitative estimate of drug-likeness (QED) is 0.889. The van der Waals surface area contributed by atoms with Gasteiger partial charge in [-0.3, -0.25) is 4.79 Å². The van der Waals surface area contributed by atoms with Gasteiger partial charge < -0.3 is 10.4 Å². The number of amides is 1. The van der Waals surface area contributed by atoms with Crippen LogP contribution in [0.1, 0.15) is 45.8 Å². The topological polar surface area (TPSA) is 79.3 Å². The zero-order valence-electron chi connectivity index (χ0n) is 11.4. The van der Waals surface area contributed by atoms with Crippen LogP contribution in [0.3, 0.4) is 0 Å². The van der Waals surface area contributed by atoms with Crippen LogP contribution in [0, 0.1) is 6.92 Å². The third-order valence-corrected chi connectivity index (χ3v) is 4.71. The number of pyridine rings is 1. The molecule has 1 aliphatic rings. The Morgan fingerprint density at radius 1 is 1.45 bits per heavy atom. The van der Waals surface area contributed by atoms with Crippen molar-refractivity contribution in [2.24, 2.45) is 0 Å². The van der Waals surface area contributed by atoms with Crippen molar-refractivity contribution in [1.29, 1.82) is 0 Å². The Kier molecular flexibility index (Phi) is 5.00. The van der Waals surface area contributed by atoms with Crippen LogP contribution in [0.4, 0.5) is 0 Å². The maximum atomic E-state index is 12.0. The average molecular weight is 294 g/mol. The van der Waals surface area contributed by atoms with Crippen molar-refractivity contribution in [3.05, 3.63) is 29.1 Å². The Bertz CT molecular complexity index is 513. The first kappa shape index (κ1) is 14.8. The van der Waals surface area contributed by atoms with Crippen LogP contribution in [0.15, 0.2) is 12.1 Å². The van der Waals surface area contributed by atoms with Crippen molar-refractivity contribution in [3.63, 3.8) is 0 Å². The minimum absolute atomic E-state index is 0.129. The van der Waals surface area contributed by atoms with Gasteiger partial charge in [-0.05, 0) is 37.7 Å². The first-order chi connectivity index (χ1) is 9.58. The van der Waals surface area contributed by atoms with Gasteiger partial charge in [0.05, 0.1) is 11.3 Å². The molecule has 108 valence electrons. The molecule has 0 aliphatic carbocycles. The number of hydrogen-bond acceptors (Lipinski definition) is 4. The molecule has 1 aromatic heterocycles. The molecule has 1 saturated heterocycles. The second-order valence-corrected chi connectivity index (χ2v) is 6.24. The smallest absolute Gasteiger partial charge is 0.337 e. The molecule has 2 N–H and O–H groups in total. The van der Waals surface area contributed by atoms with E-state index in [1.807, 2.05) is 11.8 Å². The number of thioether (sulfide) groups is 1. The molecule has 1 fully saturated rings. The standard InChI is InChI=1S/C14H18N2O3S/c1-9-11(14(18)19)5-6-12(16-9)13(17)15-8-10-4-2-3-7-20-10/h5-6,10H,2-4,7-8H2,1H3,(H,15,17)(H,18,19). The van der Waals surface area contributed by atoms with E-state index >= 15 is 0 Å². The summed E-state index contributed by atoms with van der Waals surface area (Å²) < 4.78 is 0. The van der Waals surface area contributed by atoms with Crippen LogP contribution in [-0.2, 0) is 0 Å². The molecule has 1 unspecified atom stereocenters. The predicted octanol–water partition coefficient (Wildman–Crippen LogP) is 2.10. The Morgan fingerprint density at radius 3 is 2.85 bits per heavy atom. The van der Waals surface area contributed by atoms with Crippen LogP contribution in [0.5, 0.6) is 0 Å². The van der Waals surface area contributed by atoms with Gasteiger partial charge in [0.1, 0.15) is 5.69 Å². The zero-order valence-corrected chi connectivity index (χ0v) is 12.2. The molecule has 20 heavy (non-hydrogen) atoms. The number of aryl methyl sites for hydroxylation is 1. The molecule has 0 saturated carbocycles. The number of carboxylic acids is 1. The number of nitrogens with one attached hydrogen (secondary N) is 1. The number of carbonyl (C=O) groups excluding carboxylic acids is 1. The molecule has 0 aromatic carbocycles. The van der Waals surface area contributed by atoms with Gasteiger partial charge in [-0.15, -0.1) is 0 Å². The van der Waals surface area contributed by atoms with Gasteiger partial charge in [0.2, 0.25) is 0 Å². The first-order valence-electron chi connectivity index (χ1n) is 6.68. The highest BCUT2D eigenvalue weighted by molar-refractivity contribution is 7.99. The summed E-state index contributed by atoms with van der Waals surface area (Å²) in [7, 11) is 0. The van der Waals surface area contributed by atoms with Crippen molar-refractivity contribution in [2.75, 3.05) is 12.3 Å². The minimum atomic E-state index is -1.03. The molecule has 1 amide bonds. The number of carboxylic acid groups (broad SMARTS) is 1. The van der Waals surface area contributed by atoms with E-state index in [1.54, 1.807) is 6.92 Å². The van der Waals surface area contributed by atoms with E-state index in [4.69, 9.17) is 5.11 Å². The lowest BCUT2D eigenvalue weighted by Gasteiger charge is -2.21. The van der Waals surface area contributed by atoms with Gasteiger partial charge in [0.15, 0.2) is 0 Å². The average Bonchev–Trinajstić information content (AvgIpc) is 2.45. The molecule has 1 aliphatic heterocycles. The monoisotopic (exact) mass is 294 g/mol. The van der Waals surface area contributed by atoms with E-state index < -0.39 is 5.97 Å². The Balaban J connectivity index is 1.95. The highest BCUT2D eigenvalue weighted by Crippen LogP contribution is 2.24. The van der Waals surface area contributed by atoms with Gasteiger partial charge in [0, 0.05) is 11.8 Å². The number of nitrogens with zero attached hydrogens (tertiary/aromatic N) is 1. The highest BCUT2D eigenvalue weighted by atomic mass is 32.2. The molecule has 2 heterocycles. The SMILES string of the molecule is Cc1nc(C(=O)NCC2CCCCS2)ccc1C(=O)O. The number of rotatable bonds is 4. The van der Waals surface area contributed by atoms with E-state index in [0.29, 0.717) is 17.5 Å². The van der Waals surface area contributed by atoms with E-state index in [1.165, 1.54) is 25.0 Å². The van der Waals surface area contributed by atoms with Crippen LogP contribution >= 0.6 is 11.8 Å². The molecule has 1 atom stereocenters. The molecule has 0 radical (unpaired) electrons. The van der Waals surface area contributed by atoms with Crippen molar-refractivity contribution in [3.8, 4) is 0 Å². The summed E-state index contributed by atoms with van der Waals surface area (Å²) in [4.78, 5) is 26.9. The number of hydrogen-bond donors (Lipinski definition) is 2. The molecular formula is C14H18N2O3S. The highest BCUT2D eigenvalue weighted by Gasteiger charge is 2.17. The third-order valence-electron chi connectivity index (χ3n) is 3.31. The molecule has 1 aromatic rings. The zero-order chi connectivity index (χ0) is 14.5. The van der Waals surface area contributed by atoms with Crippen molar-refractivity contribution in [2.45, 2.75) is 31.4 Å². The van der Waals surface area contributed by atoms with E-state index in [-0.39, 0.29) is 17.2 Å². The molecule has 2 rings (SSSR count). The predicted molar refractivity (Wildman–Crippen MR) is 78.4 cm³/mol. The minimum Gasteiger partial charge on any atom is -0.478 e. The fraction of sp³-hybridized carbons (Fsp3) is 0.500. The van der Waals surface area contributed by atoms with E-state index in [0.717, 1.165) is 12.2 Å². The Hall–Kier alpha value is -1.56. The Labute approximate surface area is 122 Å². The van der Waals surface area contributed by atoms with Gasteiger partial charge in [-0.2, -0.15) is 11.8 Å². The molecule has 0 bridgehead atoms. The summed E-state index contributed by atoms with van der Waals surface area (Å²) in [5.41, 5.74) is 0.759. The van der Waals surface area contributed by atoms with Crippen LogP contribution in [0.2, 0.25) is 0 Å². The summed E-state index contributed by atoms with van der Waals surface area (Å²) in [5, 5.41) is 12.3. The van der Waals surface area contributed by atoms with Gasteiger partial charge in [-0.25, -0.2) is 9.78 Å². The maximum Gasteiger partial charge on any atom is 0.337 e. The molecule has 5 nitrogen and oxygen atoms in total. The molecule has 0 spiro atoms. The van der Waals surface area contributed by atoms with Crippen molar-refractivity contribution in [1.82, 2.24) is 10.3 Å². The summed E-state index contributed by atoms with van der Waals surface area (Å²) >= 11 is 1.90. The number of aromatic nitrogens is 1. The summed E-state index contributed by atoms with van der Waals surface area (Å²) in [6.07, 6.45) is 3.61. The fourth-order valence-electron chi connectivity index (χ4n) is 2.18. The summed E-state index contributed by atoms with van der Waals surface area (Å²) in [5.74, 6) is -0.109. The second kappa shape index (κ2) is 6.74. The van der Waals surface area contributed by atoms with Crippen molar-refractivity contribution >= 4 is 23.6 Å². The van der Waals surface area contributed by atoms with Gasteiger partial charge in [-0.1, -0.05) is 6.42 Å². The Morgan fingerprint density at radius 2 is 2.25 bits per heavy atom. The van der Waals surface area contributed by atoms with E-state index in [2.05, 4.69) is 10.3 Å². The van der Waals surface area contributed by atoms with Gasteiger partial charge >= 0.3 is 5.97 Å². The normalized spacial score (nSPS) is 18.6. The lowest BCUT2D eigenvalue weighted by molar-refractivity contribution is 0.0694. The molecular weight excluding hydrogens is 276 g/mol. The largest absolute Gasteiger partial charge is 0.478 e. The molecule has 6 heteroatoms. The van der Waals surface area contributed by atoms with Crippen LogP contribution < -0.4 is 5.32 Å². The third kappa shape index (κ3) is 3.72. The summed E-state index contributed by atoms with van der Waals surface area (Å²) in [6, 6.07) is 2.88. The van der Waals surface area contributed by atoms with Gasteiger partial charge in [0.25, 0.3) is 5.91 Å². The lowest BCUT2D eigenvalue weighted by Crippen LogP contribution is -2.32. The van der Waals surface area contributed by atoms with Crippen molar-refractivity contribution < 1.29 is 14.7 Å². The van der Waals surface area contributed by atoms with Crippen LogP contribution in [0.25, 0.3) is 0 Å². The maximum absolute atomic E-state index is 12.0. The van der Waals surface area contributed by atoms with E-state index in [9.17, 15) is 9.59 Å². The second-order valence-electron chi connectivity index (χ2n) is 4.83. The number of carbonyl (C=O) groups is 2. The summed E-state index contributed by atoms with van der Waals surface area (Å²) in [6.45, 7) is 2.24.